The molecule has 1 amide bonds. The van der Waals surface area contributed by atoms with Crippen LogP contribution in [0.5, 0.6) is 0 Å². The second kappa shape index (κ2) is 6.84. The van der Waals surface area contributed by atoms with Crippen molar-refractivity contribution in [3.8, 4) is 0 Å². The first-order valence-corrected chi connectivity index (χ1v) is 9.17. The number of fused-ring (bicyclic) bond motifs is 1. The molecule has 1 aromatic heterocycles. The van der Waals surface area contributed by atoms with Crippen molar-refractivity contribution in [3.05, 3.63) is 17.5 Å². The largest absolute Gasteiger partial charge is 0.381 e. The van der Waals surface area contributed by atoms with E-state index >= 15 is 0 Å². The molecule has 3 aliphatic rings. The molecule has 3 heterocycles. The maximum Gasteiger partial charge on any atom is 0.226 e. The van der Waals surface area contributed by atoms with Crippen molar-refractivity contribution in [2.75, 3.05) is 33.0 Å². The average Bonchev–Trinajstić information content (AvgIpc) is 3.36. The predicted octanol–water partition coefficient (Wildman–Crippen LogP) is 1.70. The van der Waals surface area contributed by atoms with Gasteiger partial charge in [-0.2, -0.15) is 5.10 Å². The van der Waals surface area contributed by atoms with Crippen molar-refractivity contribution in [1.82, 2.24) is 14.7 Å². The lowest BCUT2D eigenvalue weighted by molar-refractivity contribution is -0.140. The number of ether oxygens (including phenoxy) is 2. The van der Waals surface area contributed by atoms with Gasteiger partial charge < -0.3 is 14.4 Å². The Balaban J connectivity index is 1.45. The minimum absolute atomic E-state index is 0.116. The van der Waals surface area contributed by atoms with Crippen LogP contribution >= 0.6 is 0 Å². The fourth-order valence-corrected chi connectivity index (χ4v) is 3.93. The van der Waals surface area contributed by atoms with E-state index in [-0.39, 0.29) is 17.7 Å². The molecule has 132 valence electrons. The van der Waals surface area contributed by atoms with Crippen molar-refractivity contribution < 1.29 is 14.3 Å². The molecule has 0 spiro atoms. The Morgan fingerprint density at radius 3 is 2.83 bits per heavy atom. The summed E-state index contributed by atoms with van der Waals surface area (Å²) in [4.78, 5) is 14.9. The SMILES string of the molecule is Cn1ncc2c1[C@H](COCC1CC1)CN(C(=O)C1CCOCC1)C2. The van der Waals surface area contributed by atoms with Crippen LogP contribution in [0.2, 0.25) is 0 Å². The maximum absolute atomic E-state index is 12.9. The van der Waals surface area contributed by atoms with Crippen LogP contribution in [-0.4, -0.2) is 53.6 Å². The normalized spacial score (nSPS) is 24.9. The summed E-state index contributed by atoms with van der Waals surface area (Å²) in [5.74, 6) is 1.38. The van der Waals surface area contributed by atoms with Gasteiger partial charge in [-0.1, -0.05) is 0 Å². The van der Waals surface area contributed by atoms with Crippen LogP contribution in [0, 0.1) is 11.8 Å². The molecule has 1 atom stereocenters. The predicted molar refractivity (Wildman–Crippen MR) is 88.5 cm³/mol. The minimum atomic E-state index is 0.116. The summed E-state index contributed by atoms with van der Waals surface area (Å²) in [6, 6.07) is 0. The van der Waals surface area contributed by atoms with Crippen molar-refractivity contribution >= 4 is 5.91 Å². The molecule has 0 unspecified atom stereocenters. The highest BCUT2D eigenvalue weighted by atomic mass is 16.5. The summed E-state index contributed by atoms with van der Waals surface area (Å²) in [7, 11) is 1.99. The highest BCUT2D eigenvalue weighted by Crippen LogP contribution is 2.32. The maximum atomic E-state index is 12.9. The van der Waals surface area contributed by atoms with Gasteiger partial charge in [-0.3, -0.25) is 9.48 Å². The quantitative estimate of drug-likeness (QED) is 0.823. The second-order valence-electron chi connectivity index (χ2n) is 7.46. The van der Waals surface area contributed by atoms with Crippen LogP contribution in [0.4, 0.5) is 0 Å². The molecule has 1 saturated carbocycles. The highest BCUT2D eigenvalue weighted by Gasteiger charge is 2.34. The fourth-order valence-electron chi connectivity index (χ4n) is 3.93. The van der Waals surface area contributed by atoms with Gasteiger partial charge in [0.25, 0.3) is 0 Å². The lowest BCUT2D eigenvalue weighted by atomic mass is 9.93. The molecule has 0 bridgehead atoms. The van der Waals surface area contributed by atoms with Gasteiger partial charge in [0.05, 0.1) is 18.5 Å². The van der Waals surface area contributed by atoms with Gasteiger partial charge in [-0.05, 0) is 31.6 Å². The van der Waals surface area contributed by atoms with E-state index in [1.807, 2.05) is 22.8 Å². The van der Waals surface area contributed by atoms with Crippen molar-refractivity contribution in [2.45, 2.75) is 38.1 Å². The van der Waals surface area contributed by atoms with Crippen LogP contribution in [0.25, 0.3) is 0 Å². The number of hydrogen-bond acceptors (Lipinski definition) is 4. The Morgan fingerprint density at radius 2 is 2.08 bits per heavy atom. The Bertz CT molecular complexity index is 590. The number of amides is 1. The molecule has 2 fully saturated rings. The van der Waals surface area contributed by atoms with E-state index in [4.69, 9.17) is 9.47 Å². The third-order valence-corrected chi connectivity index (χ3v) is 5.50. The molecule has 2 aliphatic heterocycles. The molecule has 6 heteroatoms. The first-order chi connectivity index (χ1) is 11.7. The summed E-state index contributed by atoms with van der Waals surface area (Å²) in [5, 5.41) is 4.41. The molecule has 24 heavy (non-hydrogen) atoms. The number of nitrogens with zero attached hydrogens (tertiary/aromatic N) is 3. The van der Waals surface area contributed by atoms with E-state index in [2.05, 4.69) is 5.10 Å². The Hall–Kier alpha value is -1.40. The van der Waals surface area contributed by atoms with Gasteiger partial charge in [-0.25, -0.2) is 0 Å². The van der Waals surface area contributed by atoms with Gasteiger partial charge in [-0.15, -0.1) is 0 Å². The van der Waals surface area contributed by atoms with E-state index in [1.54, 1.807) is 0 Å². The lowest BCUT2D eigenvalue weighted by Crippen LogP contribution is -2.44. The van der Waals surface area contributed by atoms with Gasteiger partial charge in [0, 0.05) is 57.4 Å². The van der Waals surface area contributed by atoms with Crippen LogP contribution in [0.1, 0.15) is 42.9 Å². The first-order valence-electron chi connectivity index (χ1n) is 9.17. The molecular weight excluding hydrogens is 306 g/mol. The summed E-state index contributed by atoms with van der Waals surface area (Å²) in [6.07, 6.45) is 6.20. The van der Waals surface area contributed by atoms with E-state index in [1.165, 1.54) is 24.1 Å². The third kappa shape index (κ3) is 3.35. The van der Waals surface area contributed by atoms with E-state index in [0.717, 1.165) is 31.9 Å². The van der Waals surface area contributed by atoms with Gasteiger partial charge >= 0.3 is 0 Å². The lowest BCUT2D eigenvalue weighted by Gasteiger charge is -2.36. The number of carbonyl (C=O) groups is 1. The van der Waals surface area contributed by atoms with Crippen molar-refractivity contribution in [3.63, 3.8) is 0 Å². The molecular formula is C18H27N3O3. The number of rotatable bonds is 5. The molecule has 4 rings (SSSR count). The number of aryl methyl sites for hydroxylation is 1. The molecule has 1 aliphatic carbocycles. The average molecular weight is 333 g/mol. The summed E-state index contributed by atoms with van der Waals surface area (Å²) in [6.45, 7) is 4.37. The van der Waals surface area contributed by atoms with Crippen LogP contribution in [0.15, 0.2) is 6.20 Å². The molecule has 0 N–H and O–H groups in total. The first kappa shape index (κ1) is 16.1. The number of aromatic nitrogens is 2. The van der Waals surface area contributed by atoms with Crippen LogP contribution in [0.3, 0.4) is 0 Å². The van der Waals surface area contributed by atoms with E-state index in [9.17, 15) is 4.79 Å². The smallest absolute Gasteiger partial charge is 0.226 e. The highest BCUT2D eigenvalue weighted by molar-refractivity contribution is 5.79. The van der Waals surface area contributed by atoms with Gasteiger partial charge in [0.1, 0.15) is 0 Å². The van der Waals surface area contributed by atoms with Crippen LogP contribution < -0.4 is 0 Å². The topological polar surface area (TPSA) is 56.6 Å². The molecule has 0 aromatic carbocycles. The Morgan fingerprint density at radius 1 is 1.29 bits per heavy atom. The summed E-state index contributed by atoms with van der Waals surface area (Å²) >= 11 is 0. The van der Waals surface area contributed by atoms with Crippen molar-refractivity contribution in [2.24, 2.45) is 18.9 Å². The zero-order valence-corrected chi connectivity index (χ0v) is 14.4. The zero-order chi connectivity index (χ0) is 16.5. The standard InChI is InChI=1S/C18H27N3O3/c1-20-17-15(8-19-20)9-21(18(22)14-4-6-23-7-5-14)10-16(17)12-24-11-13-2-3-13/h8,13-14,16H,2-7,9-12H2,1H3/t16-/m0/s1. The Labute approximate surface area is 143 Å². The zero-order valence-electron chi connectivity index (χ0n) is 14.4. The summed E-state index contributed by atoms with van der Waals surface area (Å²) < 4.78 is 13.3. The Kier molecular flexibility index (Phi) is 4.59. The number of carbonyl (C=O) groups excluding carboxylic acids is 1. The molecule has 1 aromatic rings. The van der Waals surface area contributed by atoms with Crippen molar-refractivity contribution in [1.29, 1.82) is 0 Å². The second-order valence-corrected chi connectivity index (χ2v) is 7.46. The molecule has 6 nitrogen and oxygen atoms in total. The third-order valence-electron chi connectivity index (χ3n) is 5.50. The summed E-state index contributed by atoms with van der Waals surface area (Å²) in [5.41, 5.74) is 2.41. The number of hydrogen-bond donors (Lipinski definition) is 0. The van der Waals surface area contributed by atoms with Crippen LogP contribution in [-0.2, 0) is 27.9 Å². The monoisotopic (exact) mass is 333 g/mol. The van der Waals surface area contributed by atoms with E-state index < -0.39 is 0 Å². The minimum Gasteiger partial charge on any atom is -0.381 e. The molecule has 0 radical (unpaired) electrons. The molecule has 1 saturated heterocycles. The van der Waals surface area contributed by atoms with Gasteiger partial charge in [0.15, 0.2) is 0 Å². The van der Waals surface area contributed by atoms with E-state index in [0.29, 0.717) is 26.4 Å². The van der Waals surface area contributed by atoms with Gasteiger partial charge in [0.2, 0.25) is 5.91 Å². The fraction of sp³-hybridized carbons (Fsp3) is 0.778.